The maximum absolute atomic E-state index is 12.1. The molecule has 1 aromatic heterocycles. The minimum absolute atomic E-state index is 0.193. The third-order valence-corrected chi connectivity index (χ3v) is 3.12. The van der Waals surface area contributed by atoms with E-state index in [1.54, 1.807) is 13.8 Å². The number of furan rings is 1. The highest BCUT2D eigenvalue weighted by atomic mass is 16.5. The van der Waals surface area contributed by atoms with Crippen molar-refractivity contribution in [3.63, 3.8) is 0 Å². The molecule has 0 spiro atoms. The summed E-state index contributed by atoms with van der Waals surface area (Å²) in [4.78, 5) is 23.6. The van der Waals surface area contributed by atoms with Crippen molar-refractivity contribution in [1.82, 2.24) is 0 Å². The fourth-order valence-corrected chi connectivity index (χ4v) is 2.26. The van der Waals surface area contributed by atoms with Crippen LogP contribution in [0.2, 0.25) is 0 Å². The highest BCUT2D eigenvalue weighted by molar-refractivity contribution is 5.92. The van der Waals surface area contributed by atoms with Gasteiger partial charge >= 0.3 is 11.9 Å². The average molecular weight is 296 g/mol. The van der Waals surface area contributed by atoms with Crippen LogP contribution >= 0.6 is 0 Å². The topological polar surface area (TPSA) is 65.7 Å². The SMILES string of the molecule is CCCc1c(C)oc(CCC(=O)OCC)c1C(=O)OCC. The van der Waals surface area contributed by atoms with Crippen molar-refractivity contribution >= 4 is 11.9 Å². The van der Waals surface area contributed by atoms with Crippen molar-refractivity contribution in [1.29, 1.82) is 0 Å². The van der Waals surface area contributed by atoms with Crippen molar-refractivity contribution < 1.29 is 23.5 Å². The first-order chi connectivity index (χ1) is 10.0. The molecule has 21 heavy (non-hydrogen) atoms. The molecular weight excluding hydrogens is 272 g/mol. The second kappa shape index (κ2) is 8.49. The van der Waals surface area contributed by atoms with Gasteiger partial charge in [0.05, 0.1) is 19.6 Å². The number of rotatable bonds is 8. The van der Waals surface area contributed by atoms with Crippen LogP contribution in [0.15, 0.2) is 4.42 Å². The van der Waals surface area contributed by atoms with E-state index in [9.17, 15) is 9.59 Å². The first kappa shape index (κ1) is 17.3. The van der Waals surface area contributed by atoms with Gasteiger partial charge in [-0.1, -0.05) is 13.3 Å². The second-order valence-electron chi connectivity index (χ2n) is 4.71. The van der Waals surface area contributed by atoms with E-state index in [2.05, 4.69) is 0 Å². The molecule has 0 N–H and O–H groups in total. The summed E-state index contributed by atoms with van der Waals surface area (Å²) >= 11 is 0. The van der Waals surface area contributed by atoms with Crippen LogP contribution in [-0.2, 0) is 27.1 Å². The van der Waals surface area contributed by atoms with Crippen LogP contribution in [0.25, 0.3) is 0 Å². The monoisotopic (exact) mass is 296 g/mol. The fraction of sp³-hybridized carbons (Fsp3) is 0.625. The number of carbonyl (C=O) groups excluding carboxylic acids is 2. The fourth-order valence-electron chi connectivity index (χ4n) is 2.26. The molecule has 1 heterocycles. The van der Waals surface area contributed by atoms with Gasteiger partial charge in [-0.2, -0.15) is 0 Å². The predicted molar refractivity (Wildman–Crippen MR) is 78.4 cm³/mol. The van der Waals surface area contributed by atoms with Gasteiger partial charge in [0.1, 0.15) is 17.1 Å². The molecule has 0 aliphatic rings. The highest BCUT2D eigenvalue weighted by Crippen LogP contribution is 2.26. The summed E-state index contributed by atoms with van der Waals surface area (Å²) in [6.45, 7) is 8.07. The average Bonchev–Trinajstić information content (AvgIpc) is 2.74. The number of hydrogen-bond donors (Lipinski definition) is 0. The molecule has 0 aliphatic carbocycles. The van der Waals surface area contributed by atoms with Crippen LogP contribution in [0.1, 0.15) is 61.1 Å². The molecule has 0 unspecified atom stereocenters. The molecule has 0 atom stereocenters. The molecule has 0 aliphatic heterocycles. The molecule has 5 nitrogen and oxygen atoms in total. The molecule has 0 fully saturated rings. The zero-order valence-corrected chi connectivity index (χ0v) is 13.3. The summed E-state index contributed by atoms with van der Waals surface area (Å²) in [5.74, 6) is 0.566. The Morgan fingerprint density at radius 3 is 2.29 bits per heavy atom. The van der Waals surface area contributed by atoms with E-state index in [-0.39, 0.29) is 18.4 Å². The molecule has 0 saturated carbocycles. The molecular formula is C16H24O5. The molecule has 0 radical (unpaired) electrons. The summed E-state index contributed by atoms with van der Waals surface area (Å²) in [7, 11) is 0. The van der Waals surface area contributed by atoms with E-state index in [0.717, 1.165) is 24.2 Å². The third-order valence-electron chi connectivity index (χ3n) is 3.12. The molecule has 118 valence electrons. The first-order valence-corrected chi connectivity index (χ1v) is 7.48. The summed E-state index contributed by atoms with van der Waals surface area (Å²) in [5, 5.41) is 0. The highest BCUT2D eigenvalue weighted by Gasteiger charge is 2.24. The van der Waals surface area contributed by atoms with Crippen LogP contribution in [0, 0.1) is 6.92 Å². The summed E-state index contributed by atoms with van der Waals surface area (Å²) in [6.07, 6.45) is 2.20. The zero-order chi connectivity index (χ0) is 15.8. The van der Waals surface area contributed by atoms with Gasteiger partial charge in [0.25, 0.3) is 0 Å². The van der Waals surface area contributed by atoms with E-state index in [4.69, 9.17) is 13.9 Å². The molecule has 5 heteroatoms. The molecule has 0 aromatic carbocycles. The second-order valence-corrected chi connectivity index (χ2v) is 4.71. The lowest BCUT2D eigenvalue weighted by molar-refractivity contribution is -0.143. The van der Waals surface area contributed by atoms with Crippen molar-refractivity contribution in [2.45, 2.75) is 53.4 Å². The Kier molecular flexibility index (Phi) is 6.99. The van der Waals surface area contributed by atoms with Gasteiger partial charge in [-0.25, -0.2) is 4.79 Å². The van der Waals surface area contributed by atoms with Crippen molar-refractivity contribution in [2.75, 3.05) is 13.2 Å². The smallest absolute Gasteiger partial charge is 0.341 e. The quantitative estimate of drug-likeness (QED) is 0.689. The Balaban J connectivity index is 2.98. The Morgan fingerprint density at radius 1 is 1.05 bits per heavy atom. The normalized spacial score (nSPS) is 10.5. The molecule has 1 rings (SSSR count). The van der Waals surface area contributed by atoms with Crippen LogP contribution in [0.5, 0.6) is 0 Å². The summed E-state index contributed by atoms with van der Waals surface area (Å²) in [6, 6.07) is 0. The van der Waals surface area contributed by atoms with Crippen LogP contribution in [0.3, 0.4) is 0 Å². The molecule has 0 bridgehead atoms. The number of esters is 2. The lowest BCUT2D eigenvalue weighted by Gasteiger charge is -2.05. The van der Waals surface area contributed by atoms with Gasteiger partial charge in [0.2, 0.25) is 0 Å². The van der Waals surface area contributed by atoms with Crippen LogP contribution < -0.4 is 0 Å². The summed E-state index contributed by atoms with van der Waals surface area (Å²) in [5.41, 5.74) is 1.37. The Labute approximate surface area is 125 Å². The van der Waals surface area contributed by atoms with Crippen molar-refractivity contribution in [3.05, 3.63) is 22.6 Å². The minimum atomic E-state index is -0.378. The van der Waals surface area contributed by atoms with Gasteiger partial charge in [0, 0.05) is 12.0 Å². The number of carbonyl (C=O) groups is 2. The van der Waals surface area contributed by atoms with E-state index >= 15 is 0 Å². The van der Waals surface area contributed by atoms with Crippen molar-refractivity contribution in [3.8, 4) is 0 Å². The van der Waals surface area contributed by atoms with Crippen LogP contribution in [0.4, 0.5) is 0 Å². The Bertz CT molecular complexity index is 487. The van der Waals surface area contributed by atoms with Gasteiger partial charge in [-0.15, -0.1) is 0 Å². The maximum Gasteiger partial charge on any atom is 0.341 e. The van der Waals surface area contributed by atoms with Gasteiger partial charge in [0.15, 0.2) is 0 Å². The van der Waals surface area contributed by atoms with E-state index < -0.39 is 0 Å². The lowest BCUT2D eigenvalue weighted by Crippen LogP contribution is -2.11. The predicted octanol–water partition coefficient (Wildman–Crippen LogP) is 3.21. The van der Waals surface area contributed by atoms with Gasteiger partial charge in [-0.3, -0.25) is 4.79 Å². The third kappa shape index (κ3) is 4.62. The van der Waals surface area contributed by atoms with E-state index in [0.29, 0.717) is 31.0 Å². The van der Waals surface area contributed by atoms with E-state index in [1.807, 2.05) is 13.8 Å². The van der Waals surface area contributed by atoms with Gasteiger partial charge < -0.3 is 13.9 Å². The van der Waals surface area contributed by atoms with Crippen LogP contribution in [-0.4, -0.2) is 25.2 Å². The number of ether oxygens (including phenoxy) is 2. The molecule has 0 saturated heterocycles. The maximum atomic E-state index is 12.1. The van der Waals surface area contributed by atoms with E-state index in [1.165, 1.54) is 0 Å². The Hall–Kier alpha value is -1.78. The standard InChI is InChI=1S/C16H24O5/c1-5-8-12-11(4)21-13(9-10-14(17)19-6-2)15(12)16(18)20-7-3/h5-10H2,1-4H3. The zero-order valence-electron chi connectivity index (χ0n) is 13.3. The number of hydrogen-bond acceptors (Lipinski definition) is 5. The number of aryl methyl sites for hydroxylation is 2. The largest absolute Gasteiger partial charge is 0.466 e. The lowest BCUT2D eigenvalue weighted by atomic mass is 10.0. The molecule has 1 aromatic rings. The minimum Gasteiger partial charge on any atom is -0.466 e. The Morgan fingerprint density at radius 2 is 1.71 bits per heavy atom. The van der Waals surface area contributed by atoms with Gasteiger partial charge in [-0.05, 0) is 27.2 Å². The first-order valence-electron chi connectivity index (χ1n) is 7.48. The van der Waals surface area contributed by atoms with Crippen molar-refractivity contribution in [2.24, 2.45) is 0 Å². The molecule has 0 amide bonds. The summed E-state index contributed by atoms with van der Waals surface area (Å²) < 4.78 is 15.7.